The molecule has 0 radical (unpaired) electrons. The fourth-order valence-electron chi connectivity index (χ4n) is 3.61. The number of anilines is 4. The van der Waals surface area contributed by atoms with Gasteiger partial charge in [-0.2, -0.15) is 4.98 Å². The van der Waals surface area contributed by atoms with E-state index < -0.39 is 5.82 Å². The van der Waals surface area contributed by atoms with Crippen LogP contribution in [0, 0.1) is 5.82 Å². The van der Waals surface area contributed by atoms with Gasteiger partial charge in [-0.05, 0) is 36.4 Å². The van der Waals surface area contributed by atoms with Gasteiger partial charge in [-0.3, -0.25) is 4.79 Å². The molecule has 1 saturated heterocycles. The van der Waals surface area contributed by atoms with Crippen LogP contribution in [0.1, 0.15) is 10.6 Å². The van der Waals surface area contributed by atoms with Gasteiger partial charge in [0.2, 0.25) is 5.95 Å². The summed E-state index contributed by atoms with van der Waals surface area (Å²) in [6.07, 6.45) is 1.06. The largest absolute Gasteiger partial charge is 0.508 e. The SMILES string of the molecule is O=C(c1cc2cc(Nc3ncc(F)c(Nc4cccc(O)c4)n3)ccc2o1)N1CCNCC1. The standard InChI is InChI=1S/C23H21FN6O3/c24-18-13-26-23(29-21(18)27-15-2-1-3-17(31)12-15)28-16-4-5-19-14(10-16)11-20(33-19)22(32)30-8-6-25-7-9-30/h1-5,10-13,25,31H,6-9H2,(H2,26,27,28,29). The predicted octanol–water partition coefficient (Wildman–Crippen LogP) is 3.60. The highest BCUT2D eigenvalue weighted by atomic mass is 19.1. The van der Waals surface area contributed by atoms with Gasteiger partial charge in [-0.15, -0.1) is 0 Å². The third-order valence-electron chi connectivity index (χ3n) is 5.24. The Kier molecular flexibility index (Phi) is 5.49. The van der Waals surface area contributed by atoms with Crippen molar-refractivity contribution in [3.63, 3.8) is 0 Å². The monoisotopic (exact) mass is 448 g/mol. The van der Waals surface area contributed by atoms with Crippen LogP contribution in [0.25, 0.3) is 11.0 Å². The maximum atomic E-state index is 14.2. The van der Waals surface area contributed by atoms with E-state index in [9.17, 15) is 14.3 Å². The Labute approximate surface area is 188 Å². The van der Waals surface area contributed by atoms with Crippen LogP contribution in [-0.2, 0) is 0 Å². The van der Waals surface area contributed by atoms with Crippen LogP contribution in [0.15, 0.2) is 59.1 Å². The molecule has 2 aromatic heterocycles. The topological polar surface area (TPSA) is 116 Å². The number of aromatic hydroxyl groups is 1. The van der Waals surface area contributed by atoms with E-state index in [-0.39, 0.29) is 23.4 Å². The Morgan fingerprint density at radius 1 is 1.09 bits per heavy atom. The number of halogens is 1. The molecule has 9 nitrogen and oxygen atoms in total. The average Bonchev–Trinajstić information content (AvgIpc) is 3.25. The fraction of sp³-hybridized carbons (Fsp3) is 0.174. The second kappa shape index (κ2) is 8.75. The van der Waals surface area contributed by atoms with E-state index in [4.69, 9.17) is 4.42 Å². The van der Waals surface area contributed by atoms with Crippen LogP contribution in [0.3, 0.4) is 0 Å². The number of piperazine rings is 1. The Morgan fingerprint density at radius 2 is 1.91 bits per heavy atom. The van der Waals surface area contributed by atoms with Crippen molar-refractivity contribution in [2.24, 2.45) is 0 Å². The van der Waals surface area contributed by atoms with E-state index >= 15 is 0 Å². The number of nitrogens with zero attached hydrogens (tertiary/aromatic N) is 3. The van der Waals surface area contributed by atoms with Crippen molar-refractivity contribution in [2.75, 3.05) is 36.8 Å². The summed E-state index contributed by atoms with van der Waals surface area (Å²) in [7, 11) is 0. The van der Waals surface area contributed by atoms with Crippen LogP contribution < -0.4 is 16.0 Å². The maximum absolute atomic E-state index is 14.2. The highest BCUT2D eigenvalue weighted by Crippen LogP contribution is 2.27. The van der Waals surface area contributed by atoms with E-state index in [1.54, 1.807) is 35.2 Å². The first-order valence-corrected chi connectivity index (χ1v) is 10.4. The van der Waals surface area contributed by atoms with E-state index in [0.29, 0.717) is 35.8 Å². The number of rotatable bonds is 5. The number of aromatic nitrogens is 2. The molecule has 0 unspecified atom stereocenters. The molecule has 4 N–H and O–H groups in total. The summed E-state index contributed by atoms with van der Waals surface area (Å²) in [6, 6.07) is 13.3. The highest BCUT2D eigenvalue weighted by Gasteiger charge is 2.21. The van der Waals surface area contributed by atoms with Gasteiger partial charge in [-0.25, -0.2) is 9.37 Å². The van der Waals surface area contributed by atoms with Gasteiger partial charge >= 0.3 is 0 Å². The quantitative estimate of drug-likeness (QED) is 0.366. The third kappa shape index (κ3) is 4.55. The second-order valence-corrected chi connectivity index (χ2v) is 7.60. The van der Waals surface area contributed by atoms with Crippen LogP contribution in [0.2, 0.25) is 0 Å². The smallest absolute Gasteiger partial charge is 0.289 e. The number of hydrogen-bond donors (Lipinski definition) is 4. The van der Waals surface area contributed by atoms with Crippen molar-refractivity contribution in [1.82, 2.24) is 20.2 Å². The molecule has 0 atom stereocenters. The zero-order chi connectivity index (χ0) is 22.8. The third-order valence-corrected chi connectivity index (χ3v) is 5.24. The van der Waals surface area contributed by atoms with Crippen LogP contribution in [0.5, 0.6) is 5.75 Å². The van der Waals surface area contributed by atoms with E-state index in [0.717, 1.165) is 24.7 Å². The van der Waals surface area contributed by atoms with Gasteiger partial charge in [0.05, 0.1) is 6.20 Å². The van der Waals surface area contributed by atoms with Crippen molar-refractivity contribution in [3.05, 3.63) is 66.3 Å². The fourth-order valence-corrected chi connectivity index (χ4v) is 3.61. The molecule has 1 aliphatic rings. The Morgan fingerprint density at radius 3 is 2.73 bits per heavy atom. The minimum absolute atomic E-state index is 0.0357. The number of amides is 1. The molecule has 1 fully saturated rings. The average molecular weight is 448 g/mol. The minimum atomic E-state index is -0.634. The lowest BCUT2D eigenvalue weighted by atomic mass is 10.2. The molecule has 5 rings (SSSR count). The van der Waals surface area contributed by atoms with Gasteiger partial charge < -0.3 is 30.4 Å². The molecule has 2 aromatic carbocycles. The van der Waals surface area contributed by atoms with E-state index in [2.05, 4.69) is 25.9 Å². The molecule has 0 aliphatic carbocycles. The number of fused-ring (bicyclic) bond motifs is 1. The van der Waals surface area contributed by atoms with Gasteiger partial charge in [0.1, 0.15) is 11.3 Å². The number of phenolic OH excluding ortho intramolecular Hbond substituents is 1. The normalized spacial score (nSPS) is 13.8. The molecule has 0 bridgehead atoms. The van der Waals surface area contributed by atoms with Crippen LogP contribution >= 0.6 is 0 Å². The number of carbonyl (C=O) groups excluding carboxylic acids is 1. The van der Waals surface area contributed by atoms with Crippen LogP contribution in [0.4, 0.5) is 27.5 Å². The first-order chi connectivity index (χ1) is 16.0. The highest BCUT2D eigenvalue weighted by molar-refractivity contribution is 5.97. The second-order valence-electron chi connectivity index (χ2n) is 7.60. The lowest BCUT2D eigenvalue weighted by Crippen LogP contribution is -2.46. The van der Waals surface area contributed by atoms with Crippen molar-refractivity contribution in [2.45, 2.75) is 0 Å². The minimum Gasteiger partial charge on any atom is -0.508 e. The van der Waals surface area contributed by atoms with Crippen molar-refractivity contribution < 1.29 is 18.7 Å². The first-order valence-electron chi connectivity index (χ1n) is 10.4. The zero-order valence-electron chi connectivity index (χ0n) is 17.5. The molecule has 10 heteroatoms. The van der Waals surface area contributed by atoms with Gasteiger partial charge in [-0.1, -0.05) is 6.07 Å². The summed E-state index contributed by atoms with van der Waals surface area (Å²) in [6.45, 7) is 2.81. The number of furan rings is 1. The summed E-state index contributed by atoms with van der Waals surface area (Å²) in [5.74, 6) is -0.280. The zero-order valence-corrected chi connectivity index (χ0v) is 17.5. The van der Waals surface area contributed by atoms with E-state index in [1.807, 2.05) is 6.07 Å². The van der Waals surface area contributed by atoms with Crippen molar-refractivity contribution >= 4 is 40.0 Å². The lowest BCUT2D eigenvalue weighted by Gasteiger charge is -2.26. The molecule has 3 heterocycles. The summed E-state index contributed by atoms with van der Waals surface area (Å²) in [5.41, 5.74) is 1.73. The van der Waals surface area contributed by atoms with Gasteiger partial charge in [0.15, 0.2) is 17.4 Å². The summed E-state index contributed by atoms with van der Waals surface area (Å²) < 4.78 is 20.0. The molecular formula is C23H21FN6O3. The number of carbonyl (C=O) groups is 1. The molecule has 33 heavy (non-hydrogen) atoms. The molecular weight excluding hydrogens is 427 g/mol. The number of benzene rings is 2. The van der Waals surface area contributed by atoms with Crippen molar-refractivity contribution in [1.29, 1.82) is 0 Å². The number of phenols is 1. The first kappa shape index (κ1) is 20.7. The number of hydrogen-bond acceptors (Lipinski definition) is 8. The van der Waals surface area contributed by atoms with Crippen LogP contribution in [-0.4, -0.2) is 52.1 Å². The van der Waals surface area contributed by atoms with Gasteiger partial charge in [0.25, 0.3) is 5.91 Å². The predicted molar refractivity (Wildman–Crippen MR) is 122 cm³/mol. The molecule has 0 spiro atoms. The lowest BCUT2D eigenvalue weighted by molar-refractivity contribution is 0.0706. The van der Waals surface area contributed by atoms with Gasteiger partial charge in [0, 0.05) is 49.0 Å². The maximum Gasteiger partial charge on any atom is 0.289 e. The summed E-state index contributed by atoms with van der Waals surface area (Å²) >= 11 is 0. The number of nitrogens with one attached hydrogen (secondary N) is 3. The summed E-state index contributed by atoms with van der Waals surface area (Å²) in [4.78, 5) is 22.6. The Balaban J connectivity index is 1.35. The van der Waals surface area contributed by atoms with Crippen molar-refractivity contribution in [3.8, 4) is 5.75 Å². The summed E-state index contributed by atoms with van der Waals surface area (Å²) in [5, 5.41) is 19.4. The molecule has 168 valence electrons. The molecule has 4 aromatic rings. The van der Waals surface area contributed by atoms with E-state index in [1.165, 1.54) is 12.1 Å². The molecule has 1 aliphatic heterocycles. The Hall–Kier alpha value is -4.18. The molecule has 0 saturated carbocycles. The Bertz CT molecular complexity index is 1320. The molecule has 1 amide bonds.